The number of rotatable bonds is 3. The summed E-state index contributed by atoms with van der Waals surface area (Å²) in [5, 5.41) is 0. The van der Waals surface area contributed by atoms with Gasteiger partial charge in [0.25, 0.3) is 0 Å². The van der Waals surface area contributed by atoms with Crippen LogP contribution in [0, 0.1) is 11.8 Å². The van der Waals surface area contributed by atoms with E-state index >= 15 is 0 Å². The van der Waals surface area contributed by atoms with Crippen molar-refractivity contribution in [3.05, 3.63) is 42.0 Å². The summed E-state index contributed by atoms with van der Waals surface area (Å²) in [5.74, 6) is 1.71. The largest absolute Gasteiger partial charge is 0.299 e. The van der Waals surface area contributed by atoms with Gasteiger partial charge in [0.2, 0.25) is 0 Å². The van der Waals surface area contributed by atoms with Crippen LogP contribution >= 0.6 is 0 Å². The fraction of sp³-hybridized carbons (Fsp3) is 0.529. The third-order valence-electron chi connectivity index (χ3n) is 4.77. The summed E-state index contributed by atoms with van der Waals surface area (Å²) in [7, 11) is 2.28. The number of benzene rings is 1. The van der Waals surface area contributed by atoms with E-state index in [1.165, 1.54) is 24.8 Å². The molecule has 96 valence electrons. The first-order valence-electron chi connectivity index (χ1n) is 7.27. The van der Waals surface area contributed by atoms with Crippen molar-refractivity contribution in [1.82, 2.24) is 4.90 Å². The maximum atomic E-state index is 2.57. The molecule has 0 heterocycles. The van der Waals surface area contributed by atoms with E-state index in [0.717, 1.165) is 18.4 Å². The number of likely N-dealkylation sites (N-methyl/N-ethyl adjacent to an activating group) is 1. The summed E-state index contributed by atoms with van der Waals surface area (Å²) >= 11 is 0. The Morgan fingerprint density at radius 2 is 1.94 bits per heavy atom. The van der Waals surface area contributed by atoms with E-state index in [4.69, 9.17) is 0 Å². The second-order valence-electron chi connectivity index (χ2n) is 5.84. The third-order valence-corrected chi connectivity index (χ3v) is 4.77. The summed E-state index contributed by atoms with van der Waals surface area (Å²) in [4.78, 5) is 2.53. The lowest BCUT2D eigenvalue weighted by atomic mass is 9.81. The average molecular weight is 241 g/mol. The van der Waals surface area contributed by atoms with Gasteiger partial charge in [0.1, 0.15) is 0 Å². The minimum atomic E-state index is 0.635. The molecule has 1 aromatic rings. The van der Waals surface area contributed by atoms with Gasteiger partial charge in [-0.25, -0.2) is 0 Å². The number of hydrogen-bond acceptors (Lipinski definition) is 1. The van der Waals surface area contributed by atoms with E-state index in [-0.39, 0.29) is 0 Å². The number of nitrogens with zero attached hydrogens (tertiary/aromatic N) is 1. The van der Waals surface area contributed by atoms with Gasteiger partial charge in [-0.05, 0) is 55.8 Å². The molecule has 1 nitrogen and oxygen atoms in total. The van der Waals surface area contributed by atoms with E-state index in [1.54, 1.807) is 5.57 Å². The third kappa shape index (κ3) is 2.01. The quantitative estimate of drug-likeness (QED) is 0.777. The Kier molecular flexibility index (Phi) is 3.25. The zero-order chi connectivity index (χ0) is 12.5. The number of allylic oxidation sites excluding steroid dienone is 1. The first-order valence-corrected chi connectivity index (χ1v) is 7.27. The molecule has 2 aliphatic rings. The van der Waals surface area contributed by atoms with E-state index in [1.807, 2.05) is 0 Å². The van der Waals surface area contributed by atoms with Gasteiger partial charge in [0.15, 0.2) is 0 Å². The molecule has 1 fully saturated rings. The van der Waals surface area contributed by atoms with E-state index in [9.17, 15) is 0 Å². The van der Waals surface area contributed by atoms with Gasteiger partial charge in [-0.3, -0.25) is 4.90 Å². The zero-order valence-corrected chi connectivity index (χ0v) is 11.5. The molecular formula is C17H23N. The summed E-state index contributed by atoms with van der Waals surface area (Å²) in [6.45, 7) is 3.40. The van der Waals surface area contributed by atoms with E-state index in [0.29, 0.717) is 6.04 Å². The van der Waals surface area contributed by atoms with Crippen LogP contribution in [0.15, 0.2) is 36.4 Å². The average Bonchev–Trinajstić information content (AvgIpc) is 2.80. The van der Waals surface area contributed by atoms with Crippen LogP contribution in [0.5, 0.6) is 0 Å². The van der Waals surface area contributed by atoms with Crippen molar-refractivity contribution < 1.29 is 0 Å². The van der Waals surface area contributed by atoms with Crippen LogP contribution < -0.4 is 0 Å². The second kappa shape index (κ2) is 4.89. The lowest BCUT2D eigenvalue weighted by molar-refractivity contribution is 0.226. The van der Waals surface area contributed by atoms with Gasteiger partial charge in [-0.15, -0.1) is 0 Å². The molecule has 1 heteroatoms. The van der Waals surface area contributed by atoms with Crippen molar-refractivity contribution in [2.24, 2.45) is 11.8 Å². The smallest absolute Gasteiger partial charge is 0.0376 e. The fourth-order valence-electron chi connectivity index (χ4n) is 3.79. The summed E-state index contributed by atoms with van der Waals surface area (Å²) in [6.07, 6.45) is 6.78. The molecule has 1 saturated carbocycles. The molecular weight excluding hydrogens is 218 g/mol. The van der Waals surface area contributed by atoms with Gasteiger partial charge in [0.05, 0.1) is 0 Å². The zero-order valence-electron chi connectivity index (χ0n) is 11.5. The Hall–Kier alpha value is -1.08. The highest BCUT2D eigenvalue weighted by molar-refractivity contribution is 5.71. The minimum absolute atomic E-state index is 0.635. The van der Waals surface area contributed by atoms with Gasteiger partial charge < -0.3 is 0 Å². The minimum Gasteiger partial charge on any atom is -0.299 e. The summed E-state index contributed by atoms with van der Waals surface area (Å²) < 4.78 is 0. The SMILES string of the molecule is CCN(C)[C@@H]1C(c2ccccc2)=C[C@H]2CC[C@H]1C2. The van der Waals surface area contributed by atoms with Crippen LogP contribution in [0.2, 0.25) is 0 Å². The van der Waals surface area contributed by atoms with Gasteiger partial charge in [0, 0.05) is 6.04 Å². The number of hydrogen-bond donors (Lipinski definition) is 0. The van der Waals surface area contributed by atoms with Crippen LogP contribution in [0.1, 0.15) is 31.7 Å². The maximum absolute atomic E-state index is 2.57. The second-order valence-corrected chi connectivity index (χ2v) is 5.84. The van der Waals surface area contributed by atoms with Crippen LogP contribution in [0.4, 0.5) is 0 Å². The predicted octanol–water partition coefficient (Wildman–Crippen LogP) is 3.82. The monoisotopic (exact) mass is 241 g/mol. The van der Waals surface area contributed by atoms with Crippen molar-refractivity contribution in [2.45, 2.75) is 32.2 Å². The highest BCUT2D eigenvalue weighted by atomic mass is 15.1. The van der Waals surface area contributed by atoms with Crippen LogP contribution in [0.25, 0.3) is 5.57 Å². The van der Waals surface area contributed by atoms with Crippen molar-refractivity contribution in [2.75, 3.05) is 13.6 Å². The molecule has 0 radical (unpaired) electrons. The Morgan fingerprint density at radius 3 is 2.67 bits per heavy atom. The molecule has 0 aliphatic heterocycles. The molecule has 0 saturated heterocycles. The van der Waals surface area contributed by atoms with Crippen molar-refractivity contribution in [3.8, 4) is 0 Å². The normalized spacial score (nSPS) is 30.6. The predicted molar refractivity (Wildman–Crippen MR) is 77.3 cm³/mol. The molecule has 0 spiro atoms. The first kappa shape index (κ1) is 12.0. The highest BCUT2D eigenvalue weighted by Gasteiger charge is 2.38. The molecule has 0 N–H and O–H groups in total. The molecule has 2 aliphatic carbocycles. The standard InChI is InChI=1S/C17H23N/c1-3-18(2)17-15-10-9-13(11-15)12-16(17)14-7-5-4-6-8-14/h4-8,12-13,15,17H,3,9-11H2,1-2H3/t13-,15-,17-/m0/s1. The molecule has 2 bridgehead atoms. The molecule has 0 amide bonds. The Labute approximate surface area is 111 Å². The first-order chi connectivity index (χ1) is 8.79. The lowest BCUT2D eigenvalue weighted by Crippen LogP contribution is -2.39. The fourth-order valence-corrected chi connectivity index (χ4v) is 3.79. The van der Waals surface area contributed by atoms with Crippen molar-refractivity contribution in [3.63, 3.8) is 0 Å². The lowest BCUT2D eigenvalue weighted by Gasteiger charge is -2.37. The van der Waals surface area contributed by atoms with Gasteiger partial charge >= 0.3 is 0 Å². The maximum Gasteiger partial charge on any atom is 0.0376 e. The number of fused-ring (bicyclic) bond motifs is 2. The van der Waals surface area contributed by atoms with Crippen LogP contribution in [-0.4, -0.2) is 24.5 Å². The Bertz CT molecular complexity index is 434. The summed E-state index contributed by atoms with van der Waals surface area (Å²) in [5.41, 5.74) is 3.01. The van der Waals surface area contributed by atoms with Crippen LogP contribution in [0.3, 0.4) is 0 Å². The Morgan fingerprint density at radius 1 is 1.17 bits per heavy atom. The molecule has 3 atom stereocenters. The molecule has 18 heavy (non-hydrogen) atoms. The molecule has 0 unspecified atom stereocenters. The molecule has 0 aromatic heterocycles. The van der Waals surface area contributed by atoms with E-state index in [2.05, 4.69) is 55.3 Å². The summed E-state index contributed by atoms with van der Waals surface area (Å²) in [6, 6.07) is 11.6. The van der Waals surface area contributed by atoms with Crippen LogP contribution in [-0.2, 0) is 0 Å². The van der Waals surface area contributed by atoms with Crippen molar-refractivity contribution in [1.29, 1.82) is 0 Å². The molecule has 1 aromatic carbocycles. The van der Waals surface area contributed by atoms with Gasteiger partial charge in [-0.1, -0.05) is 43.3 Å². The highest BCUT2D eigenvalue weighted by Crippen LogP contribution is 2.45. The topological polar surface area (TPSA) is 3.24 Å². The van der Waals surface area contributed by atoms with Gasteiger partial charge in [-0.2, -0.15) is 0 Å². The van der Waals surface area contributed by atoms with Crippen molar-refractivity contribution >= 4 is 5.57 Å². The van der Waals surface area contributed by atoms with E-state index < -0.39 is 0 Å². The Balaban J connectivity index is 1.99. The molecule has 3 rings (SSSR count).